The summed E-state index contributed by atoms with van der Waals surface area (Å²) in [6.45, 7) is 3.39. The first-order chi connectivity index (χ1) is 17.0. The number of hydrogen-bond acceptors (Lipinski definition) is 8. The lowest BCUT2D eigenvalue weighted by Crippen LogP contribution is -2.46. The molecule has 0 saturated carbocycles. The number of ether oxygens (including phenoxy) is 1. The summed E-state index contributed by atoms with van der Waals surface area (Å²) < 4.78 is 45.0. The molecule has 1 saturated heterocycles. The summed E-state index contributed by atoms with van der Waals surface area (Å²) in [6.07, 6.45) is -5.00. The van der Waals surface area contributed by atoms with E-state index in [1.165, 1.54) is 4.90 Å². The molecule has 196 valence electrons. The van der Waals surface area contributed by atoms with Crippen molar-refractivity contribution in [3.05, 3.63) is 52.3 Å². The largest absolute Gasteiger partial charge is 0.465 e. The highest BCUT2D eigenvalue weighted by Crippen LogP contribution is 2.32. The number of β-amino-alcohol motifs (C(OH)–C–C–N with tert-alkyl or cyclic N) is 1. The van der Waals surface area contributed by atoms with Crippen LogP contribution in [0.25, 0.3) is 0 Å². The minimum Gasteiger partial charge on any atom is -0.465 e. The van der Waals surface area contributed by atoms with Crippen molar-refractivity contribution < 1.29 is 32.6 Å². The van der Waals surface area contributed by atoms with Gasteiger partial charge >= 0.3 is 12.1 Å². The van der Waals surface area contributed by atoms with E-state index in [2.05, 4.69) is 14.7 Å². The van der Waals surface area contributed by atoms with Gasteiger partial charge in [0, 0.05) is 50.0 Å². The van der Waals surface area contributed by atoms with Crippen molar-refractivity contribution in [3.63, 3.8) is 0 Å². The molecule has 0 aliphatic carbocycles. The number of carbonyl (C=O) groups is 2. The number of amides is 1. The molecule has 0 unspecified atom stereocenters. The zero-order chi connectivity index (χ0) is 26.6. The number of alkyl halides is 3. The third kappa shape index (κ3) is 6.23. The number of nitrogens with zero attached hydrogens (tertiary/aromatic N) is 5. The summed E-state index contributed by atoms with van der Waals surface area (Å²) in [4.78, 5) is 36.8. The first-order valence-corrected chi connectivity index (χ1v) is 11.5. The van der Waals surface area contributed by atoms with Gasteiger partial charge < -0.3 is 19.6 Å². The van der Waals surface area contributed by atoms with Crippen LogP contribution >= 0.6 is 11.6 Å². The van der Waals surface area contributed by atoms with Crippen LogP contribution in [0.15, 0.2) is 30.5 Å². The standard InChI is InChI=1S/C23H27ClF3N5O4/c1-4-31(10-9-30(2)20(34)14-5-7-15(24)8-6-14)17-12-32(13-18(17)33)22-28-11-16(21(35)36-3)19(29-22)23(25,26)27/h5-8,11,17-18,33H,4,9-10,12-13H2,1-3H3/t17-,18-/m1/s1. The molecular formula is C23H27ClF3N5O4. The molecule has 0 spiro atoms. The summed E-state index contributed by atoms with van der Waals surface area (Å²) in [5.41, 5.74) is -1.69. The predicted molar refractivity (Wildman–Crippen MR) is 126 cm³/mol. The van der Waals surface area contributed by atoms with Crippen molar-refractivity contribution in [3.8, 4) is 0 Å². The third-order valence-electron chi connectivity index (χ3n) is 6.03. The van der Waals surface area contributed by atoms with Crippen LogP contribution in [-0.4, -0.2) is 95.8 Å². The van der Waals surface area contributed by atoms with Crippen LogP contribution in [0.5, 0.6) is 0 Å². The second-order valence-electron chi connectivity index (χ2n) is 8.32. The maximum atomic E-state index is 13.5. The molecule has 3 rings (SSSR count). The molecule has 2 atom stereocenters. The Bertz CT molecular complexity index is 1090. The van der Waals surface area contributed by atoms with Crippen LogP contribution in [-0.2, 0) is 10.9 Å². The van der Waals surface area contributed by atoms with Crippen LogP contribution in [0.1, 0.15) is 33.3 Å². The second-order valence-corrected chi connectivity index (χ2v) is 8.76. The molecule has 0 bridgehead atoms. The van der Waals surface area contributed by atoms with Gasteiger partial charge in [-0.1, -0.05) is 18.5 Å². The molecule has 9 nitrogen and oxygen atoms in total. The highest BCUT2D eigenvalue weighted by atomic mass is 35.5. The van der Waals surface area contributed by atoms with Crippen LogP contribution < -0.4 is 4.90 Å². The van der Waals surface area contributed by atoms with Crippen molar-refractivity contribution in [1.82, 2.24) is 19.8 Å². The molecule has 36 heavy (non-hydrogen) atoms. The summed E-state index contributed by atoms with van der Waals surface area (Å²) >= 11 is 5.87. The van der Waals surface area contributed by atoms with Crippen molar-refractivity contribution in [2.45, 2.75) is 25.2 Å². The van der Waals surface area contributed by atoms with Gasteiger partial charge in [-0.15, -0.1) is 0 Å². The lowest BCUT2D eigenvalue weighted by molar-refractivity contribution is -0.141. The number of carbonyl (C=O) groups excluding carboxylic acids is 2. The van der Waals surface area contributed by atoms with E-state index < -0.39 is 35.5 Å². The number of aliphatic hydroxyl groups excluding tert-OH is 1. The molecule has 2 heterocycles. The molecule has 1 fully saturated rings. The van der Waals surface area contributed by atoms with E-state index in [1.54, 1.807) is 36.2 Å². The number of benzene rings is 1. The fourth-order valence-electron chi connectivity index (χ4n) is 4.04. The minimum absolute atomic E-state index is 0.00950. The summed E-state index contributed by atoms with van der Waals surface area (Å²) in [7, 11) is 2.63. The summed E-state index contributed by atoms with van der Waals surface area (Å²) in [5, 5.41) is 11.2. The van der Waals surface area contributed by atoms with Gasteiger partial charge in [0.2, 0.25) is 5.95 Å². The van der Waals surface area contributed by atoms with Crippen LogP contribution in [0, 0.1) is 0 Å². The fraction of sp³-hybridized carbons (Fsp3) is 0.478. The van der Waals surface area contributed by atoms with E-state index in [0.29, 0.717) is 30.2 Å². The molecule has 1 N–H and O–H groups in total. The summed E-state index contributed by atoms with van der Waals surface area (Å²) in [5.74, 6) is -1.62. The Hall–Kier alpha value is -2.96. The van der Waals surface area contributed by atoms with Crippen LogP contribution in [0.2, 0.25) is 5.02 Å². The Morgan fingerprint density at radius 1 is 1.22 bits per heavy atom. The van der Waals surface area contributed by atoms with Gasteiger partial charge in [0.25, 0.3) is 5.91 Å². The smallest absolute Gasteiger partial charge is 0.434 e. The number of hydrogen-bond donors (Lipinski definition) is 1. The molecule has 1 aliphatic rings. The lowest BCUT2D eigenvalue weighted by atomic mass is 10.1. The molecule has 1 aromatic heterocycles. The number of methoxy groups -OCH3 is 1. The topological polar surface area (TPSA) is 99.1 Å². The highest BCUT2D eigenvalue weighted by molar-refractivity contribution is 6.30. The average Bonchev–Trinajstić information content (AvgIpc) is 3.24. The van der Waals surface area contributed by atoms with E-state index in [1.807, 2.05) is 11.8 Å². The van der Waals surface area contributed by atoms with E-state index in [4.69, 9.17) is 11.6 Å². The number of rotatable bonds is 8. The Morgan fingerprint density at radius 3 is 2.47 bits per heavy atom. The van der Waals surface area contributed by atoms with Gasteiger partial charge in [0.15, 0.2) is 5.69 Å². The van der Waals surface area contributed by atoms with Gasteiger partial charge in [0.05, 0.1) is 19.3 Å². The first kappa shape index (κ1) is 27.6. The molecule has 1 aromatic carbocycles. The number of anilines is 1. The molecule has 0 radical (unpaired) electrons. The zero-order valence-electron chi connectivity index (χ0n) is 20.0. The Labute approximate surface area is 211 Å². The molecule has 1 aliphatic heterocycles. The van der Waals surface area contributed by atoms with Crippen LogP contribution in [0.4, 0.5) is 19.1 Å². The Kier molecular flexibility index (Phi) is 8.75. The normalized spacial score (nSPS) is 18.0. The van der Waals surface area contributed by atoms with Crippen molar-refractivity contribution in [2.24, 2.45) is 0 Å². The second kappa shape index (κ2) is 11.4. The number of likely N-dealkylation sites (N-methyl/N-ethyl adjacent to an activating group) is 2. The number of aliphatic hydroxyl groups is 1. The van der Waals surface area contributed by atoms with Crippen molar-refractivity contribution in [2.75, 3.05) is 51.8 Å². The monoisotopic (exact) mass is 529 g/mol. The van der Waals surface area contributed by atoms with Gasteiger partial charge in [-0.25, -0.2) is 14.8 Å². The van der Waals surface area contributed by atoms with E-state index >= 15 is 0 Å². The highest BCUT2D eigenvalue weighted by Gasteiger charge is 2.41. The lowest BCUT2D eigenvalue weighted by Gasteiger charge is -2.31. The molecule has 13 heteroatoms. The minimum atomic E-state index is -4.89. The van der Waals surface area contributed by atoms with E-state index in [0.717, 1.165) is 13.3 Å². The third-order valence-corrected chi connectivity index (χ3v) is 6.28. The van der Waals surface area contributed by atoms with E-state index in [-0.39, 0.29) is 24.9 Å². The predicted octanol–water partition coefficient (Wildman–Crippen LogP) is 2.58. The number of halogens is 4. The SMILES string of the molecule is CCN(CCN(C)C(=O)c1ccc(Cl)cc1)[C@@H]1CN(c2ncc(C(=O)OC)c(C(F)(F)F)n2)C[C@H]1O. The van der Waals surface area contributed by atoms with Gasteiger partial charge in [0.1, 0.15) is 5.56 Å². The molecule has 1 amide bonds. The van der Waals surface area contributed by atoms with Crippen molar-refractivity contribution in [1.29, 1.82) is 0 Å². The zero-order valence-corrected chi connectivity index (χ0v) is 20.8. The van der Waals surface area contributed by atoms with Gasteiger partial charge in [-0.2, -0.15) is 13.2 Å². The average molecular weight is 530 g/mol. The number of esters is 1. The van der Waals surface area contributed by atoms with Gasteiger partial charge in [-0.3, -0.25) is 9.69 Å². The Balaban J connectivity index is 1.70. The van der Waals surface area contributed by atoms with Gasteiger partial charge in [-0.05, 0) is 30.8 Å². The maximum Gasteiger partial charge on any atom is 0.434 e. The van der Waals surface area contributed by atoms with Crippen LogP contribution in [0.3, 0.4) is 0 Å². The Morgan fingerprint density at radius 2 is 1.89 bits per heavy atom. The molecule has 2 aromatic rings. The quantitative estimate of drug-likeness (QED) is 0.521. The van der Waals surface area contributed by atoms with Crippen molar-refractivity contribution >= 4 is 29.4 Å². The molecular weight excluding hydrogens is 503 g/mol. The summed E-state index contributed by atoms with van der Waals surface area (Å²) in [6, 6.07) is 6.12. The van der Waals surface area contributed by atoms with E-state index in [9.17, 15) is 27.9 Å². The number of aromatic nitrogens is 2. The fourth-order valence-corrected chi connectivity index (χ4v) is 4.17. The maximum absolute atomic E-state index is 13.5. The first-order valence-electron chi connectivity index (χ1n) is 11.2.